The minimum absolute atomic E-state index is 0.00597. The molecule has 0 atom stereocenters. The SMILES string of the molecule is O=C(CCc1cccnc1)c1ccc(C(F)(F)F)nc1Cl. The number of rotatable bonds is 4. The number of carbonyl (C=O) groups excluding carboxylic acids is 1. The van der Waals surface area contributed by atoms with E-state index in [1.54, 1.807) is 18.5 Å². The first-order valence-corrected chi connectivity index (χ1v) is 6.41. The molecule has 0 radical (unpaired) electrons. The zero-order valence-corrected chi connectivity index (χ0v) is 11.4. The number of carbonyl (C=O) groups is 1. The van der Waals surface area contributed by atoms with Crippen LogP contribution in [0.25, 0.3) is 0 Å². The molecule has 0 N–H and O–H groups in total. The second kappa shape index (κ2) is 6.22. The Morgan fingerprint density at radius 3 is 2.57 bits per heavy atom. The molecule has 0 bridgehead atoms. The lowest BCUT2D eigenvalue weighted by molar-refractivity contribution is -0.141. The van der Waals surface area contributed by atoms with E-state index in [0.717, 1.165) is 17.7 Å². The highest BCUT2D eigenvalue weighted by atomic mass is 35.5. The van der Waals surface area contributed by atoms with Gasteiger partial charge in [0.2, 0.25) is 0 Å². The average Bonchev–Trinajstić information content (AvgIpc) is 2.45. The highest BCUT2D eigenvalue weighted by molar-refractivity contribution is 6.32. The highest BCUT2D eigenvalue weighted by Gasteiger charge is 2.33. The maximum Gasteiger partial charge on any atom is 0.433 e. The Morgan fingerprint density at radius 1 is 1.24 bits per heavy atom. The largest absolute Gasteiger partial charge is 0.433 e. The van der Waals surface area contributed by atoms with Crippen LogP contribution in [0.5, 0.6) is 0 Å². The van der Waals surface area contributed by atoms with Crippen molar-refractivity contribution in [2.45, 2.75) is 19.0 Å². The lowest BCUT2D eigenvalue weighted by Crippen LogP contribution is -2.10. The van der Waals surface area contributed by atoms with Crippen LogP contribution in [0, 0.1) is 0 Å². The minimum Gasteiger partial charge on any atom is -0.294 e. The maximum atomic E-state index is 12.5. The smallest absolute Gasteiger partial charge is 0.294 e. The number of hydrogen-bond acceptors (Lipinski definition) is 3. The standard InChI is InChI=1S/C14H10ClF3N2O/c15-13-10(4-6-12(20-13)14(16,17)18)11(21)5-3-9-2-1-7-19-8-9/h1-2,4,6-8H,3,5H2. The Bertz CT molecular complexity index is 644. The van der Waals surface area contributed by atoms with Crippen molar-refractivity contribution in [2.75, 3.05) is 0 Å². The molecule has 0 fully saturated rings. The van der Waals surface area contributed by atoms with Gasteiger partial charge in [-0.3, -0.25) is 9.78 Å². The lowest BCUT2D eigenvalue weighted by atomic mass is 10.0. The van der Waals surface area contributed by atoms with Gasteiger partial charge in [-0.1, -0.05) is 17.7 Å². The van der Waals surface area contributed by atoms with Gasteiger partial charge in [0.1, 0.15) is 10.8 Å². The summed E-state index contributed by atoms with van der Waals surface area (Å²) in [5.74, 6) is -0.356. The van der Waals surface area contributed by atoms with Crippen LogP contribution in [0.3, 0.4) is 0 Å². The Balaban J connectivity index is 2.09. The number of Topliss-reactive ketones (excluding diaryl/α,β-unsaturated/α-hetero) is 1. The second-order valence-corrected chi connectivity index (χ2v) is 4.68. The van der Waals surface area contributed by atoms with Crippen molar-refractivity contribution >= 4 is 17.4 Å². The van der Waals surface area contributed by atoms with Gasteiger partial charge < -0.3 is 0 Å². The number of hydrogen-bond donors (Lipinski definition) is 0. The van der Waals surface area contributed by atoms with E-state index in [1.807, 2.05) is 6.07 Å². The third-order valence-corrected chi connectivity index (χ3v) is 3.09. The molecule has 0 aliphatic carbocycles. The van der Waals surface area contributed by atoms with Crippen LogP contribution in [0.1, 0.15) is 28.0 Å². The first kappa shape index (κ1) is 15.4. The summed E-state index contributed by atoms with van der Waals surface area (Å²) in [6, 6.07) is 5.37. The molecular formula is C14H10ClF3N2O. The molecule has 0 aliphatic heterocycles. The predicted molar refractivity (Wildman–Crippen MR) is 71.1 cm³/mol. The van der Waals surface area contributed by atoms with Gasteiger partial charge in [0.15, 0.2) is 5.78 Å². The molecule has 2 aromatic rings. The zero-order chi connectivity index (χ0) is 15.5. The van der Waals surface area contributed by atoms with Crippen LogP contribution in [0.2, 0.25) is 5.15 Å². The number of halogens is 4. The highest BCUT2D eigenvalue weighted by Crippen LogP contribution is 2.29. The normalized spacial score (nSPS) is 11.4. The third kappa shape index (κ3) is 4.01. The van der Waals surface area contributed by atoms with Gasteiger partial charge in [-0.25, -0.2) is 4.98 Å². The summed E-state index contributed by atoms with van der Waals surface area (Å²) in [6.45, 7) is 0. The summed E-state index contributed by atoms with van der Waals surface area (Å²) in [6.07, 6.45) is -0.786. The molecular weight excluding hydrogens is 305 g/mol. The van der Waals surface area contributed by atoms with Gasteiger partial charge >= 0.3 is 6.18 Å². The van der Waals surface area contributed by atoms with Crippen LogP contribution in [0.15, 0.2) is 36.7 Å². The topological polar surface area (TPSA) is 42.9 Å². The van der Waals surface area contributed by atoms with Crippen molar-refractivity contribution < 1.29 is 18.0 Å². The number of nitrogens with zero attached hydrogens (tertiary/aromatic N) is 2. The minimum atomic E-state index is -4.58. The van der Waals surface area contributed by atoms with E-state index in [9.17, 15) is 18.0 Å². The molecule has 0 aromatic carbocycles. The maximum absolute atomic E-state index is 12.5. The van der Waals surface area contributed by atoms with Crippen molar-refractivity contribution in [3.8, 4) is 0 Å². The molecule has 0 aliphatic rings. The van der Waals surface area contributed by atoms with Gasteiger partial charge in [-0.2, -0.15) is 13.2 Å². The zero-order valence-electron chi connectivity index (χ0n) is 10.7. The summed E-state index contributed by atoms with van der Waals surface area (Å²) in [5, 5.41) is -0.430. The van der Waals surface area contributed by atoms with Gasteiger partial charge in [0, 0.05) is 18.8 Å². The quantitative estimate of drug-likeness (QED) is 0.633. The molecule has 3 nitrogen and oxygen atoms in total. The molecule has 110 valence electrons. The first-order chi connectivity index (χ1) is 9.88. The molecule has 21 heavy (non-hydrogen) atoms. The number of aromatic nitrogens is 2. The van der Waals surface area contributed by atoms with Crippen molar-refractivity contribution in [1.82, 2.24) is 9.97 Å². The summed E-state index contributed by atoms with van der Waals surface area (Å²) in [5.41, 5.74) is -0.258. The first-order valence-electron chi connectivity index (χ1n) is 6.04. The molecule has 0 amide bonds. The lowest BCUT2D eigenvalue weighted by Gasteiger charge is -2.08. The van der Waals surface area contributed by atoms with Crippen LogP contribution < -0.4 is 0 Å². The summed E-state index contributed by atoms with van der Waals surface area (Å²) >= 11 is 5.67. The van der Waals surface area contributed by atoms with Crippen molar-refractivity contribution in [3.63, 3.8) is 0 Å². The fourth-order valence-electron chi connectivity index (χ4n) is 1.74. The van der Waals surface area contributed by atoms with Crippen LogP contribution in [0.4, 0.5) is 13.2 Å². The second-order valence-electron chi connectivity index (χ2n) is 4.32. The monoisotopic (exact) mass is 314 g/mol. The van der Waals surface area contributed by atoms with Gasteiger partial charge in [-0.05, 0) is 30.2 Å². The number of pyridine rings is 2. The molecule has 0 saturated carbocycles. The Morgan fingerprint density at radius 2 is 2.00 bits per heavy atom. The molecule has 0 unspecified atom stereocenters. The Kier molecular flexibility index (Phi) is 4.57. The van der Waals surface area contributed by atoms with Gasteiger partial charge in [0.25, 0.3) is 0 Å². The summed E-state index contributed by atoms with van der Waals surface area (Å²) < 4.78 is 37.4. The van der Waals surface area contributed by atoms with Crippen LogP contribution >= 0.6 is 11.6 Å². The van der Waals surface area contributed by atoms with E-state index in [2.05, 4.69) is 9.97 Å². The average molecular weight is 315 g/mol. The molecule has 0 spiro atoms. The number of ketones is 1. The molecule has 2 rings (SSSR count). The predicted octanol–water partition coefficient (Wildman–Crippen LogP) is 3.96. The fourth-order valence-corrected chi connectivity index (χ4v) is 2.00. The van der Waals surface area contributed by atoms with Gasteiger partial charge in [-0.15, -0.1) is 0 Å². The number of alkyl halides is 3. The molecule has 7 heteroatoms. The van der Waals surface area contributed by atoms with Crippen molar-refractivity contribution in [3.05, 3.63) is 58.6 Å². The third-order valence-electron chi connectivity index (χ3n) is 2.80. The Hall–Kier alpha value is -1.95. The van der Waals surface area contributed by atoms with Crippen LogP contribution in [-0.2, 0) is 12.6 Å². The van der Waals surface area contributed by atoms with E-state index >= 15 is 0 Å². The van der Waals surface area contributed by atoms with E-state index in [4.69, 9.17) is 11.6 Å². The molecule has 2 aromatic heterocycles. The van der Waals surface area contributed by atoms with E-state index in [-0.39, 0.29) is 17.8 Å². The van der Waals surface area contributed by atoms with Crippen molar-refractivity contribution in [2.24, 2.45) is 0 Å². The van der Waals surface area contributed by atoms with Crippen LogP contribution in [-0.4, -0.2) is 15.8 Å². The summed E-state index contributed by atoms with van der Waals surface area (Å²) in [7, 11) is 0. The molecule has 0 saturated heterocycles. The van der Waals surface area contributed by atoms with E-state index in [1.165, 1.54) is 0 Å². The van der Waals surface area contributed by atoms with Crippen molar-refractivity contribution in [1.29, 1.82) is 0 Å². The molecule has 2 heterocycles. The number of aryl methyl sites for hydroxylation is 1. The van der Waals surface area contributed by atoms with E-state index in [0.29, 0.717) is 6.42 Å². The summed E-state index contributed by atoms with van der Waals surface area (Å²) in [4.78, 5) is 19.1. The fraction of sp³-hybridized carbons (Fsp3) is 0.214. The van der Waals surface area contributed by atoms with E-state index < -0.39 is 17.0 Å². The Labute approximate surface area is 123 Å². The van der Waals surface area contributed by atoms with Gasteiger partial charge in [0.05, 0.1) is 5.56 Å².